The number of aromatic nitrogens is 3. The first-order valence-corrected chi connectivity index (χ1v) is 9.33. The van der Waals surface area contributed by atoms with Crippen LogP contribution in [0, 0.1) is 0 Å². The monoisotopic (exact) mass is 391 g/mol. The first-order chi connectivity index (χ1) is 14.2. The molecule has 0 unspecified atom stereocenters. The summed E-state index contributed by atoms with van der Waals surface area (Å²) in [6.45, 7) is 1.97. The van der Waals surface area contributed by atoms with Crippen molar-refractivity contribution in [2.45, 2.75) is 0 Å². The van der Waals surface area contributed by atoms with E-state index in [2.05, 4.69) is 9.97 Å². The number of carbonyl (C=O) groups is 2. The summed E-state index contributed by atoms with van der Waals surface area (Å²) >= 11 is 0. The van der Waals surface area contributed by atoms with E-state index in [0.29, 0.717) is 48.9 Å². The van der Waals surface area contributed by atoms with Gasteiger partial charge in [-0.3, -0.25) is 14.2 Å². The molecule has 2 amide bonds. The molecule has 1 aliphatic heterocycles. The van der Waals surface area contributed by atoms with Crippen LogP contribution in [0.15, 0.2) is 61.3 Å². The standard InChI is InChI=1S/C21H21N5O3/c1-29-18-5-2-16(3-6-18)20(27)24-10-12-25(13-11-24)21(28)17-4-7-19(23-14-17)26-9-8-22-15-26/h2-9,14-15H,10-13H2,1H3. The molecule has 0 bridgehead atoms. The summed E-state index contributed by atoms with van der Waals surface area (Å²) in [6, 6.07) is 10.6. The van der Waals surface area contributed by atoms with Crippen LogP contribution in [0.2, 0.25) is 0 Å². The summed E-state index contributed by atoms with van der Waals surface area (Å²) in [6.07, 6.45) is 6.70. The van der Waals surface area contributed by atoms with E-state index < -0.39 is 0 Å². The lowest BCUT2D eigenvalue weighted by Gasteiger charge is -2.34. The Bertz CT molecular complexity index is 976. The maximum Gasteiger partial charge on any atom is 0.255 e. The minimum absolute atomic E-state index is 0.0360. The number of pyridine rings is 1. The molecule has 0 spiro atoms. The van der Waals surface area contributed by atoms with Crippen molar-refractivity contribution in [1.29, 1.82) is 0 Å². The van der Waals surface area contributed by atoms with Crippen LogP contribution in [0.25, 0.3) is 5.82 Å². The van der Waals surface area contributed by atoms with E-state index in [1.54, 1.807) is 82.8 Å². The summed E-state index contributed by atoms with van der Waals surface area (Å²) in [5, 5.41) is 0. The minimum atomic E-state index is -0.0776. The van der Waals surface area contributed by atoms with Gasteiger partial charge in [-0.1, -0.05) is 0 Å². The Morgan fingerprint density at radius 3 is 2.03 bits per heavy atom. The fourth-order valence-corrected chi connectivity index (χ4v) is 3.27. The molecule has 8 nitrogen and oxygen atoms in total. The Kier molecular flexibility index (Phi) is 5.24. The molecule has 3 heterocycles. The molecular formula is C21H21N5O3. The lowest BCUT2D eigenvalue weighted by molar-refractivity contribution is 0.0535. The SMILES string of the molecule is COc1ccc(C(=O)N2CCN(C(=O)c3ccc(-n4ccnc4)nc3)CC2)cc1. The summed E-state index contributed by atoms with van der Waals surface area (Å²) in [7, 11) is 1.59. The third kappa shape index (κ3) is 3.96. The summed E-state index contributed by atoms with van der Waals surface area (Å²) in [4.78, 5) is 37.3. The molecule has 0 saturated carbocycles. The van der Waals surface area contributed by atoms with Gasteiger partial charge in [0.1, 0.15) is 17.9 Å². The summed E-state index contributed by atoms with van der Waals surface area (Å²) < 4.78 is 6.90. The molecule has 0 aliphatic carbocycles. The lowest BCUT2D eigenvalue weighted by Crippen LogP contribution is -2.50. The van der Waals surface area contributed by atoms with Crippen molar-refractivity contribution in [3.05, 3.63) is 72.4 Å². The average molecular weight is 391 g/mol. The van der Waals surface area contributed by atoms with Gasteiger partial charge >= 0.3 is 0 Å². The molecule has 0 radical (unpaired) electrons. The number of ether oxygens (including phenoxy) is 1. The molecule has 4 rings (SSSR count). The zero-order valence-electron chi connectivity index (χ0n) is 16.1. The number of nitrogens with zero attached hydrogens (tertiary/aromatic N) is 5. The highest BCUT2D eigenvalue weighted by atomic mass is 16.5. The van der Waals surface area contributed by atoms with Gasteiger partial charge in [0.15, 0.2) is 0 Å². The van der Waals surface area contributed by atoms with E-state index in [1.807, 2.05) is 0 Å². The van der Waals surface area contributed by atoms with Crippen LogP contribution in [0.3, 0.4) is 0 Å². The normalized spacial score (nSPS) is 14.0. The zero-order chi connectivity index (χ0) is 20.2. The van der Waals surface area contributed by atoms with Crippen LogP contribution in [0.5, 0.6) is 5.75 Å². The van der Waals surface area contributed by atoms with Gasteiger partial charge in [0.25, 0.3) is 11.8 Å². The summed E-state index contributed by atoms with van der Waals surface area (Å²) in [5.41, 5.74) is 1.15. The third-order valence-corrected chi connectivity index (χ3v) is 4.95. The molecule has 3 aromatic rings. The smallest absolute Gasteiger partial charge is 0.255 e. The highest BCUT2D eigenvalue weighted by molar-refractivity contribution is 5.96. The van der Waals surface area contributed by atoms with Crippen LogP contribution >= 0.6 is 0 Å². The van der Waals surface area contributed by atoms with Gasteiger partial charge in [-0.25, -0.2) is 9.97 Å². The number of amides is 2. The number of hydrogen-bond acceptors (Lipinski definition) is 5. The molecular weight excluding hydrogens is 370 g/mol. The number of piperazine rings is 1. The van der Waals surface area contributed by atoms with Crippen molar-refractivity contribution < 1.29 is 14.3 Å². The molecule has 1 fully saturated rings. The van der Waals surface area contributed by atoms with E-state index in [9.17, 15) is 9.59 Å². The molecule has 2 aromatic heterocycles. The zero-order valence-corrected chi connectivity index (χ0v) is 16.1. The molecule has 29 heavy (non-hydrogen) atoms. The molecule has 8 heteroatoms. The second-order valence-electron chi connectivity index (χ2n) is 6.69. The Labute approximate surface area is 168 Å². The van der Waals surface area contributed by atoms with E-state index in [-0.39, 0.29) is 11.8 Å². The van der Waals surface area contributed by atoms with Crippen molar-refractivity contribution in [3.63, 3.8) is 0 Å². The third-order valence-electron chi connectivity index (χ3n) is 4.95. The predicted octanol–water partition coefficient (Wildman–Crippen LogP) is 1.87. The van der Waals surface area contributed by atoms with Gasteiger partial charge in [-0.2, -0.15) is 0 Å². The fraction of sp³-hybridized carbons (Fsp3) is 0.238. The van der Waals surface area contributed by atoms with Gasteiger partial charge in [-0.15, -0.1) is 0 Å². The number of carbonyl (C=O) groups excluding carboxylic acids is 2. The Hall–Kier alpha value is -3.68. The molecule has 1 aliphatic rings. The maximum atomic E-state index is 12.8. The van der Waals surface area contributed by atoms with Crippen molar-refractivity contribution in [1.82, 2.24) is 24.3 Å². The van der Waals surface area contributed by atoms with Crippen LogP contribution in [0.1, 0.15) is 20.7 Å². The molecule has 1 aromatic carbocycles. The summed E-state index contributed by atoms with van der Waals surface area (Å²) in [5.74, 6) is 1.30. The topological polar surface area (TPSA) is 80.6 Å². The number of methoxy groups -OCH3 is 1. The van der Waals surface area contributed by atoms with Gasteiger partial charge in [0.2, 0.25) is 0 Å². The molecule has 1 saturated heterocycles. The highest BCUT2D eigenvalue weighted by Crippen LogP contribution is 2.15. The molecule has 0 N–H and O–H groups in total. The number of benzene rings is 1. The lowest BCUT2D eigenvalue weighted by atomic mass is 10.1. The van der Waals surface area contributed by atoms with Crippen LogP contribution in [-0.2, 0) is 0 Å². The Morgan fingerprint density at radius 1 is 0.897 bits per heavy atom. The van der Waals surface area contributed by atoms with E-state index >= 15 is 0 Å². The van der Waals surface area contributed by atoms with Gasteiger partial charge in [-0.05, 0) is 36.4 Å². The van der Waals surface area contributed by atoms with Crippen LogP contribution in [-0.4, -0.2) is 69.4 Å². The van der Waals surface area contributed by atoms with Gasteiger partial charge in [0.05, 0.1) is 12.7 Å². The largest absolute Gasteiger partial charge is 0.497 e. The van der Waals surface area contributed by atoms with E-state index in [4.69, 9.17) is 4.74 Å². The quantitative estimate of drug-likeness (QED) is 0.678. The average Bonchev–Trinajstić information content (AvgIpc) is 3.33. The molecule has 148 valence electrons. The Balaban J connectivity index is 1.36. The highest BCUT2D eigenvalue weighted by Gasteiger charge is 2.25. The van der Waals surface area contributed by atoms with Crippen molar-refractivity contribution in [2.75, 3.05) is 33.3 Å². The van der Waals surface area contributed by atoms with Crippen LogP contribution < -0.4 is 4.74 Å². The predicted molar refractivity (Wildman–Crippen MR) is 106 cm³/mol. The second kappa shape index (κ2) is 8.14. The van der Waals surface area contributed by atoms with E-state index in [0.717, 1.165) is 0 Å². The minimum Gasteiger partial charge on any atom is -0.497 e. The van der Waals surface area contributed by atoms with Crippen molar-refractivity contribution in [3.8, 4) is 11.6 Å². The first-order valence-electron chi connectivity index (χ1n) is 9.33. The number of imidazole rings is 1. The number of hydrogen-bond donors (Lipinski definition) is 0. The van der Waals surface area contributed by atoms with Gasteiger partial charge < -0.3 is 14.5 Å². The van der Waals surface area contributed by atoms with Crippen molar-refractivity contribution >= 4 is 11.8 Å². The Morgan fingerprint density at radius 2 is 1.52 bits per heavy atom. The fourth-order valence-electron chi connectivity index (χ4n) is 3.27. The molecule has 0 atom stereocenters. The van der Waals surface area contributed by atoms with Gasteiger partial charge in [0, 0.05) is 50.3 Å². The maximum absolute atomic E-state index is 12.8. The first kappa shape index (κ1) is 18.7. The number of rotatable bonds is 4. The van der Waals surface area contributed by atoms with Crippen molar-refractivity contribution in [2.24, 2.45) is 0 Å². The second-order valence-corrected chi connectivity index (χ2v) is 6.69. The van der Waals surface area contributed by atoms with E-state index in [1.165, 1.54) is 0 Å². The van der Waals surface area contributed by atoms with Crippen LogP contribution in [0.4, 0.5) is 0 Å².